The Labute approximate surface area is 782 Å². The van der Waals surface area contributed by atoms with Crippen LogP contribution in [-0.2, 0) is 16.2 Å². The molecule has 2 spiro atoms. The second-order valence-electron chi connectivity index (χ2n) is 36.7. The van der Waals surface area contributed by atoms with Crippen molar-refractivity contribution in [2.45, 2.75) is 30.1 Å². The van der Waals surface area contributed by atoms with Gasteiger partial charge in [-0.2, -0.15) is 0 Å². The van der Waals surface area contributed by atoms with Gasteiger partial charge in [-0.25, -0.2) is 0 Å². The van der Waals surface area contributed by atoms with E-state index in [-0.39, 0.29) is 5.41 Å². The summed E-state index contributed by atoms with van der Waals surface area (Å²) in [7, 11) is 0. The zero-order valence-corrected chi connectivity index (χ0v) is 74.1. The van der Waals surface area contributed by atoms with Crippen LogP contribution >= 0.6 is 0 Å². The fourth-order valence-electron chi connectivity index (χ4n) is 23.6. The summed E-state index contributed by atoms with van der Waals surface area (Å²) in [5.74, 6) is 1.72. The Morgan fingerprint density at radius 1 is 0.149 bits per heavy atom. The molecule has 0 saturated carbocycles. The molecular formula is C131H88N2O. The molecule has 0 N–H and O–H groups in total. The zero-order chi connectivity index (χ0) is 88.7. The summed E-state index contributed by atoms with van der Waals surface area (Å²) in [6.45, 7) is 4.72. The van der Waals surface area contributed by atoms with Gasteiger partial charge in [0, 0.05) is 50.7 Å². The Hall–Kier alpha value is -17.0. The first kappa shape index (κ1) is 78.1. The van der Waals surface area contributed by atoms with Crippen LogP contribution < -0.4 is 14.5 Å². The van der Waals surface area contributed by atoms with E-state index in [4.69, 9.17) is 4.74 Å². The molecule has 0 saturated heterocycles. The number of benzene rings is 21. The van der Waals surface area contributed by atoms with Crippen LogP contribution in [0.25, 0.3) is 145 Å². The molecule has 3 nitrogen and oxygen atoms in total. The van der Waals surface area contributed by atoms with E-state index in [2.05, 4.69) is 515 Å². The predicted octanol–water partition coefficient (Wildman–Crippen LogP) is 34.7. The van der Waals surface area contributed by atoms with E-state index in [9.17, 15) is 0 Å². The summed E-state index contributed by atoms with van der Waals surface area (Å²) in [6, 6.07) is 184. The zero-order valence-electron chi connectivity index (χ0n) is 74.1. The van der Waals surface area contributed by atoms with Gasteiger partial charge in [0.1, 0.15) is 11.5 Å². The van der Waals surface area contributed by atoms with Gasteiger partial charge in [0.25, 0.3) is 0 Å². The average molecular weight is 1710 g/mol. The smallest absolute Gasteiger partial charge is 0.135 e. The van der Waals surface area contributed by atoms with Crippen LogP contribution in [0.4, 0.5) is 34.1 Å². The number of para-hydroxylation sites is 3. The van der Waals surface area contributed by atoms with Gasteiger partial charge < -0.3 is 14.5 Å². The third kappa shape index (κ3) is 12.0. The lowest BCUT2D eigenvalue weighted by atomic mass is 9.66. The van der Waals surface area contributed by atoms with Gasteiger partial charge in [-0.3, -0.25) is 0 Å². The third-order valence-electron chi connectivity index (χ3n) is 29.5. The number of ether oxygens (including phenoxy) is 1. The first-order valence-electron chi connectivity index (χ1n) is 46.7. The molecule has 628 valence electrons. The summed E-state index contributed by atoms with van der Waals surface area (Å²) in [5.41, 5.74) is 50.9. The second kappa shape index (κ2) is 31.1. The molecule has 134 heavy (non-hydrogen) atoms. The molecule has 0 amide bonds. The summed E-state index contributed by atoms with van der Waals surface area (Å²) >= 11 is 0. The minimum atomic E-state index is -0.506. The van der Waals surface area contributed by atoms with Gasteiger partial charge in [0.2, 0.25) is 0 Å². The van der Waals surface area contributed by atoms with Gasteiger partial charge in [-0.15, -0.1) is 0 Å². The molecule has 21 aromatic rings. The van der Waals surface area contributed by atoms with Crippen LogP contribution in [0.15, 0.2) is 497 Å². The summed E-state index contributed by atoms with van der Waals surface area (Å²) in [6.07, 6.45) is 0. The van der Waals surface area contributed by atoms with E-state index in [1.807, 2.05) is 6.07 Å². The van der Waals surface area contributed by atoms with Crippen LogP contribution in [0.1, 0.15) is 69.5 Å². The minimum Gasteiger partial charge on any atom is -0.456 e. The Bertz CT molecular complexity index is 8150. The van der Waals surface area contributed by atoms with E-state index < -0.39 is 10.8 Å². The second-order valence-corrected chi connectivity index (χ2v) is 36.7. The van der Waals surface area contributed by atoms with E-state index in [1.165, 1.54) is 178 Å². The molecule has 5 aliphatic carbocycles. The van der Waals surface area contributed by atoms with Gasteiger partial charge >= 0.3 is 0 Å². The Kier molecular flexibility index (Phi) is 18.1. The van der Waals surface area contributed by atoms with Gasteiger partial charge in [0.05, 0.1) is 10.8 Å². The summed E-state index contributed by atoms with van der Waals surface area (Å²) in [4.78, 5) is 4.79. The molecule has 0 aromatic heterocycles. The Morgan fingerprint density at radius 3 is 0.910 bits per heavy atom. The fourth-order valence-corrected chi connectivity index (χ4v) is 23.6. The molecule has 0 atom stereocenters. The van der Waals surface area contributed by atoms with Crippen LogP contribution in [-0.4, -0.2) is 0 Å². The number of nitrogens with zero attached hydrogens (tertiary/aromatic N) is 2. The standard InChI is InChI=1S/C70H47NO.C61H41N/c1-69(2)61-25-11-5-21-54(61)56-39-37-48(43-66(56)69)71(47-36-38-51-57-23-9-15-29-67(57)72-68-30-16-10-24-58(68)59(51)42-47)46-34-31-44(32-35-46)45-33-40-65-60(41-45)55-22-8-14-28-64(55)70(65)62-26-12-6-19-52(62)49-17-3-4-18-50(49)53-20-7-13-27-63(53)70;1-3-16-42(17-4-1)43-30-32-44(33-31-43)45-34-38-48(39-35-45)62(47-18-5-2-6-19-47)49-40-36-46(37-41-49)50-25-15-29-59-60(50)55-24-11-14-28-58(55)61(59)56-26-12-9-22-53(56)51-20-7-8-21-52(51)54-23-10-13-27-57(54)61/h3-43H,1-2H3;1-41H. The van der Waals surface area contributed by atoms with Crippen molar-refractivity contribution >= 4 is 34.1 Å². The molecule has 0 bridgehead atoms. The quantitative estimate of drug-likeness (QED) is 0.136. The first-order chi connectivity index (χ1) is 66.2. The highest BCUT2D eigenvalue weighted by molar-refractivity contribution is 6.04. The third-order valence-corrected chi connectivity index (χ3v) is 29.5. The maximum Gasteiger partial charge on any atom is 0.135 e. The van der Waals surface area contributed by atoms with Crippen molar-refractivity contribution in [3.63, 3.8) is 0 Å². The van der Waals surface area contributed by atoms with Crippen molar-refractivity contribution < 1.29 is 4.74 Å². The minimum absolute atomic E-state index is 0.152. The number of hydrogen-bond donors (Lipinski definition) is 0. The summed E-state index contributed by atoms with van der Waals surface area (Å²) in [5, 5.41) is 0. The van der Waals surface area contributed by atoms with Crippen LogP contribution in [0, 0.1) is 0 Å². The summed E-state index contributed by atoms with van der Waals surface area (Å²) < 4.78 is 6.63. The lowest BCUT2D eigenvalue weighted by molar-refractivity contribution is 0.488. The molecule has 27 rings (SSSR count). The molecule has 1 heterocycles. The predicted molar refractivity (Wildman–Crippen MR) is 556 cm³/mol. The van der Waals surface area contributed by atoms with Crippen molar-refractivity contribution in [1.82, 2.24) is 0 Å². The largest absolute Gasteiger partial charge is 0.456 e. The maximum absolute atomic E-state index is 6.63. The van der Waals surface area contributed by atoms with Crippen molar-refractivity contribution in [2.75, 3.05) is 9.80 Å². The van der Waals surface area contributed by atoms with Crippen LogP contribution in [0.5, 0.6) is 11.5 Å². The van der Waals surface area contributed by atoms with Crippen molar-refractivity contribution in [3.8, 4) is 156 Å². The van der Waals surface area contributed by atoms with E-state index >= 15 is 0 Å². The molecule has 0 fully saturated rings. The molecule has 6 aliphatic rings. The highest BCUT2D eigenvalue weighted by atomic mass is 16.5. The molecular weight excluding hydrogens is 1620 g/mol. The first-order valence-corrected chi connectivity index (χ1v) is 46.7. The highest BCUT2D eigenvalue weighted by Gasteiger charge is 2.52. The number of fused-ring (bicyclic) bond motifs is 32. The van der Waals surface area contributed by atoms with Crippen molar-refractivity contribution in [3.05, 3.63) is 553 Å². The number of anilines is 6. The number of hydrogen-bond acceptors (Lipinski definition) is 3. The van der Waals surface area contributed by atoms with E-state index in [0.29, 0.717) is 0 Å². The van der Waals surface area contributed by atoms with Crippen LogP contribution in [0.3, 0.4) is 0 Å². The van der Waals surface area contributed by atoms with Gasteiger partial charge in [-0.05, 0) is 280 Å². The molecule has 3 heteroatoms. The Morgan fingerprint density at radius 2 is 0.425 bits per heavy atom. The van der Waals surface area contributed by atoms with E-state index in [0.717, 1.165) is 67.9 Å². The SMILES string of the molecule is CC1(C)c2ccccc2-c2ccc(N(c3ccc(-c4ccc5c(c4)-c4ccccc4C54c5ccccc5-c5ccccc5-c5ccccc54)cc3)c3ccc4c(c3)-c3ccccc3Oc3ccccc3-4)cc21.c1ccc(-c2ccc(-c3ccc(N(c4ccccc4)c4ccc(-c5cccc6c5-c5ccccc5C65c6ccccc6-c6ccccc6-c6ccccc65)cc4)cc3)cc2)cc1. The topological polar surface area (TPSA) is 15.7 Å². The molecule has 0 unspecified atom stereocenters. The Balaban J connectivity index is 0.000000141. The van der Waals surface area contributed by atoms with Gasteiger partial charge in [-0.1, -0.05) is 420 Å². The maximum atomic E-state index is 6.63. The van der Waals surface area contributed by atoms with Crippen LogP contribution in [0.2, 0.25) is 0 Å². The average Bonchev–Trinajstić information content (AvgIpc) is 1.52. The lowest BCUT2D eigenvalue weighted by Gasteiger charge is -2.35. The highest BCUT2D eigenvalue weighted by Crippen LogP contribution is 2.66. The van der Waals surface area contributed by atoms with Crippen molar-refractivity contribution in [2.24, 2.45) is 0 Å². The van der Waals surface area contributed by atoms with E-state index in [1.54, 1.807) is 0 Å². The normalized spacial score (nSPS) is 13.4. The van der Waals surface area contributed by atoms with Gasteiger partial charge in [0.15, 0.2) is 0 Å². The van der Waals surface area contributed by atoms with Crippen molar-refractivity contribution in [1.29, 1.82) is 0 Å². The number of rotatable bonds is 10. The molecule has 21 aromatic carbocycles. The monoisotopic (exact) mass is 1700 g/mol. The molecule has 0 radical (unpaired) electrons. The fraction of sp³-hybridized carbons (Fsp3) is 0.0382. The lowest BCUT2D eigenvalue weighted by Crippen LogP contribution is -2.29. The molecule has 1 aliphatic heterocycles.